The Bertz CT molecular complexity index is 1180. The Labute approximate surface area is 203 Å². The lowest BCUT2D eigenvalue weighted by atomic mass is 9.98. The van der Waals surface area contributed by atoms with E-state index in [9.17, 15) is 14.4 Å². The van der Waals surface area contributed by atoms with Crippen molar-refractivity contribution in [2.45, 2.75) is 26.4 Å². The van der Waals surface area contributed by atoms with Crippen molar-refractivity contribution in [3.05, 3.63) is 83.8 Å². The number of nitrogens with one attached hydrogen (secondary N) is 3. The van der Waals surface area contributed by atoms with Gasteiger partial charge in [-0.3, -0.25) is 20.4 Å². The number of anilines is 1. The van der Waals surface area contributed by atoms with Gasteiger partial charge in [-0.05, 0) is 61.7 Å². The monoisotopic (exact) mass is 476 g/mol. The van der Waals surface area contributed by atoms with E-state index in [0.29, 0.717) is 36.6 Å². The summed E-state index contributed by atoms with van der Waals surface area (Å²) in [4.78, 5) is 39.3. The van der Waals surface area contributed by atoms with E-state index in [-0.39, 0.29) is 30.9 Å². The smallest absolute Gasteiger partial charge is 0.321 e. The van der Waals surface area contributed by atoms with Crippen molar-refractivity contribution < 1.29 is 23.5 Å². The number of hydrazine groups is 1. The number of amides is 4. The van der Waals surface area contributed by atoms with E-state index < -0.39 is 11.8 Å². The molecule has 9 nitrogen and oxygen atoms in total. The average molecular weight is 477 g/mol. The predicted molar refractivity (Wildman–Crippen MR) is 130 cm³/mol. The van der Waals surface area contributed by atoms with Crippen LogP contribution in [-0.2, 0) is 11.4 Å². The lowest BCUT2D eigenvalue weighted by Gasteiger charge is -2.32. The van der Waals surface area contributed by atoms with Crippen LogP contribution in [0.1, 0.15) is 34.7 Å². The Morgan fingerprint density at radius 2 is 1.86 bits per heavy atom. The molecule has 4 rings (SSSR count). The molecule has 0 bridgehead atoms. The number of para-hydroxylation sites is 1. The number of benzene rings is 2. The number of carbonyl (C=O) groups is 3. The number of carbonyl (C=O) groups excluding carboxylic acids is 3. The van der Waals surface area contributed by atoms with Gasteiger partial charge in [0.2, 0.25) is 5.91 Å². The first-order chi connectivity index (χ1) is 17.0. The summed E-state index contributed by atoms with van der Waals surface area (Å²) in [5, 5.41) is 2.87. The minimum Gasteiger partial charge on any atom is -0.486 e. The minimum absolute atomic E-state index is 0.0553. The van der Waals surface area contributed by atoms with Gasteiger partial charge in [-0.1, -0.05) is 30.3 Å². The van der Waals surface area contributed by atoms with Crippen LogP contribution in [0.4, 0.5) is 10.5 Å². The molecule has 35 heavy (non-hydrogen) atoms. The Kier molecular flexibility index (Phi) is 7.67. The van der Waals surface area contributed by atoms with Gasteiger partial charge in [0, 0.05) is 18.8 Å². The standard InChI is InChI=1S/C26H28N4O5/c1-18-7-5-9-20(15-18)27-26(33)30-14-6-8-19(16-30)24(31)28-29-25(32)23-13-12-22(35-23)17-34-21-10-3-2-4-11-21/h2-5,7,9-13,15,19H,6,8,14,16-17H2,1H3,(H,27,33)(H,28,31)(H,29,32). The zero-order valence-corrected chi connectivity index (χ0v) is 19.5. The number of hydrogen-bond acceptors (Lipinski definition) is 5. The van der Waals surface area contributed by atoms with Crippen molar-refractivity contribution in [3.8, 4) is 5.75 Å². The van der Waals surface area contributed by atoms with Crippen LogP contribution in [0, 0.1) is 12.8 Å². The molecule has 0 saturated carbocycles. The maximum Gasteiger partial charge on any atom is 0.321 e. The maximum absolute atomic E-state index is 12.6. The molecule has 1 atom stereocenters. The quantitative estimate of drug-likeness (QED) is 0.468. The molecule has 3 aromatic rings. The SMILES string of the molecule is Cc1cccc(NC(=O)N2CCCC(C(=O)NNC(=O)c3ccc(COc4ccccc4)o3)C2)c1. The van der Waals surface area contributed by atoms with Crippen LogP contribution < -0.4 is 20.9 Å². The molecule has 0 radical (unpaired) electrons. The van der Waals surface area contributed by atoms with E-state index in [1.165, 1.54) is 6.07 Å². The third kappa shape index (κ3) is 6.63. The maximum atomic E-state index is 12.6. The van der Waals surface area contributed by atoms with Crippen LogP contribution in [0.5, 0.6) is 5.75 Å². The Morgan fingerprint density at radius 3 is 2.66 bits per heavy atom. The summed E-state index contributed by atoms with van der Waals surface area (Å²) in [6.45, 7) is 2.95. The molecule has 1 saturated heterocycles. The largest absolute Gasteiger partial charge is 0.486 e. The van der Waals surface area contributed by atoms with Gasteiger partial charge >= 0.3 is 11.9 Å². The Hall–Kier alpha value is -4.27. The van der Waals surface area contributed by atoms with Crippen LogP contribution in [-0.4, -0.2) is 35.8 Å². The van der Waals surface area contributed by atoms with E-state index >= 15 is 0 Å². The van der Waals surface area contributed by atoms with Gasteiger partial charge in [0.25, 0.3) is 0 Å². The molecule has 3 N–H and O–H groups in total. The molecule has 1 aliphatic heterocycles. The zero-order valence-electron chi connectivity index (χ0n) is 19.5. The van der Waals surface area contributed by atoms with Crippen molar-refractivity contribution in [1.82, 2.24) is 15.8 Å². The number of rotatable bonds is 6. The highest BCUT2D eigenvalue weighted by Gasteiger charge is 2.29. The van der Waals surface area contributed by atoms with E-state index in [1.54, 1.807) is 11.0 Å². The molecule has 1 aromatic heterocycles. The molecule has 0 spiro atoms. The number of furan rings is 1. The minimum atomic E-state index is -0.575. The van der Waals surface area contributed by atoms with Crippen molar-refractivity contribution in [2.75, 3.05) is 18.4 Å². The molecule has 1 aliphatic rings. The Balaban J connectivity index is 1.24. The molecule has 9 heteroatoms. The lowest BCUT2D eigenvalue weighted by Crippen LogP contribution is -2.50. The van der Waals surface area contributed by atoms with Gasteiger partial charge in [0.15, 0.2) is 5.76 Å². The van der Waals surface area contributed by atoms with Crippen LogP contribution in [0.15, 0.2) is 71.1 Å². The number of piperidine rings is 1. The van der Waals surface area contributed by atoms with Gasteiger partial charge in [0.05, 0.1) is 5.92 Å². The highest BCUT2D eigenvalue weighted by Crippen LogP contribution is 2.19. The van der Waals surface area contributed by atoms with Crippen molar-refractivity contribution >= 4 is 23.5 Å². The van der Waals surface area contributed by atoms with Gasteiger partial charge in [-0.15, -0.1) is 0 Å². The summed E-state index contributed by atoms with van der Waals surface area (Å²) in [5.74, 6) is -0.137. The number of ether oxygens (including phenoxy) is 1. The molecular formula is C26H28N4O5. The van der Waals surface area contributed by atoms with E-state index in [4.69, 9.17) is 9.15 Å². The number of urea groups is 1. The first-order valence-electron chi connectivity index (χ1n) is 11.5. The number of hydrogen-bond donors (Lipinski definition) is 3. The first kappa shape index (κ1) is 23.9. The second kappa shape index (κ2) is 11.2. The number of nitrogens with zero attached hydrogens (tertiary/aromatic N) is 1. The topological polar surface area (TPSA) is 113 Å². The van der Waals surface area contributed by atoms with E-state index in [1.807, 2.05) is 61.5 Å². The number of likely N-dealkylation sites (tertiary alicyclic amines) is 1. The second-order valence-electron chi connectivity index (χ2n) is 8.40. The van der Waals surface area contributed by atoms with Crippen molar-refractivity contribution in [1.29, 1.82) is 0 Å². The fourth-order valence-corrected chi connectivity index (χ4v) is 3.83. The van der Waals surface area contributed by atoms with Crippen LogP contribution in [0.2, 0.25) is 0 Å². The van der Waals surface area contributed by atoms with Crippen molar-refractivity contribution in [3.63, 3.8) is 0 Å². The normalized spacial score (nSPS) is 15.2. The summed E-state index contributed by atoms with van der Waals surface area (Å²) in [6, 6.07) is 19.7. The van der Waals surface area contributed by atoms with Crippen LogP contribution in [0.3, 0.4) is 0 Å². The van der Waals surface area contributed by atoms with Crippen LogP contribution >= 0.6 is 0 Å². The van der Waals surface area contributed by atoms with Gasteiger partial charge in [-0.25, -0.2) is 4.79 Å². The fraction of sp³-hybridized carbons (Fsp3) is 0.269. The zero-order chi connectivity index (χ0) is 24.6. The molecule has 182 valence electrons. The summed E-state index contributed by atoms with van der Waals surface area (Å²) in [7, 11) is 0. The van der Waals surface area contributed by atoms with Gasteiger partial charge < -0.3 is 19.4 Å². The average Bonchev–Trinajstić information content (AvgIpc) is 3.36. The highest BCUT2D eigenvalue weighted by molar-refractivity contribution is 5.93. The van der Waals surface area contributed by atoms with Crippen LogP contribution in [0.25, 0.3) is 0 Å². The van der Waals surface area contributed by atoms with E-state index in [2.05, 4.69) is 16.2 Å². The summed E-state index contributed by atoms with van der Waals surface area (Å²) in [6.07, 6.45) is 1.31. The van der Waals surface area contributed by atoms with Crippen molar-refractivity contribution in [2.24, 2.45) is 5.92 Å². The fourth-order valence-electron chi connectivity index (χ4n) is 3.83. The third-order valence-corrected chi connectivity index (χ3v) is 5.66. The second-order valence-corrected chi connectivity index (χ2v) is 8.40. The molecule has 4 amide bonds. The summed E-state index contributed by atoms with van der Waals surface area (Å²) in [5.41, 5.74) is 6.58. The molecule has 0 aliphatic carbocycles. The molecule has 2 aromatic carbocycles. The molecule has 2 heterocycles. The summed E-state index contributed by atoms with van der Waals surface area (Å²) < 4.78 is 11.1. The molecule has 1 unspecified atom stereocenters. The first-order valence-corrected chi connectivity index (χ1v) is 11.5. The molecule has 1 fully saturated rings. The molecular weight excluding hydrogens is 448 g/mol. The van der Waals surface area contributed by atoms with Gasteiger partial charge in [0.1, 0.15) is 18.1 Å². The predicted octanol–water partition coefficient (Wildman–Crippen LogP) is 3.87. The lowest BCUT2D eigenvalue weighted by molar-refractivity contribution is -0.127. The third-order valence-electron chi connectivity index (χ3n) is 5.66. The van der Waals surface area contributed by atoms with E-state index in [0.717, 1.165) is 5.56 Å². The Morgan fingerprint density at radius 1 is 1.03 bits per heavy atom. The highest BCUT2D eigenvalue weighted by atomic mass is 16.5. The number of aryl methyl sites for hydroxylation is 1. The van der Waals surface area contributed by atoms with Gasteiger partial charge in [-0.2, -0.15) is 0 Å². The summed E-state index contributed by atoms with van der Waals surface area (Å²) >= 11 is 0.